The standard InChI is InChI=1S/C31H26N4O5S2/c1-4-16-39-20-12-10-19(11-13-20)27-26(29(37)38-5-2)18(3)32-31-35(27)28(36)24(41-31)17-21-14-15-25(40-21)42-30-33-22-8-6-7-9-23(22)34-30/h4,6-15,17,27H,1,5,16H2,2-3H3,(H,33,34)/b24-17+/t27-/m1/s1. The first kappa shape index (κ1) is 27.6. The van der Waals surface area contributed by atoms with E-state index in [1.54, 1.807) is 48.8 Å². The summed E-state index contributed by atoms with van der Waals surface area (Å²) in [6, 6.07) is 18.0. The number of benzene rings is 2. The summed E-state index contributed by atoms with van der Waals surface area (Å²) in [6.45, 7) is 7.74. The van der Waals surface area contributed by atoms with Gasteiger partial charge in [0, 0.05) is 6.08 Å². The SMILES string of the molecule is C=CCOc1ccc([C@@H]2C(C(=O)OCC)=C(C)N=c3s/c(=C/c4ccc(Sc5nc6ccccc6[nH]5)o4)c(=O)n32)cc1. The number of rotatable bonds is 9. The molecule has 0 spiro atoms. The maximum atomic E-state index is 13.8. The molecule has 1 aliphatic heterocycles. The Balaban J connectivity index is 1.37. The largest absolute Gasteiger partial charge is 0.490 e. The molecule has 42 heavy (non-hydrogen) atoms. The van der Waals surface area contributed by atoms with Crippen LogP contribution < -0.4 is 19.6 Å². The first-order chi connectivity index (χ1) is 20.4. The zero-order valence-corrected chi connectivity index (χ0v) is 24.5. The molecule has 9 nitrogen and oxygen atoms in total. The molecule has 4 heterocycles. The summed E-state index contributed by atoms with van der Waals surface area (Å²) < 4.78 is 19.0. The first-order valence-corrected chi connectivity index (χ1v) is 14.8. The number of ether oxygens (including phenoxy) is 2. The van der Waals surface area contributed by atoms with Crippen molar-refractivity contribution in [3.05, 3.63) is 116 Å². The zero-order chi connectivity index (χ0) is 29.2. The third-order valence-corrected chi connectivity index (χ3v) is 8.31. The molecule has 0 radical (unpaired) electrons. The number of carbonyl (C=O) groups excluding carboxylic acids is 1. The fraction of sp³-hybridized carbons (Fsp3) is 0.161. The lowest BCUT2D eigenvalue weighted by Gasteiger charge is -2.24. The molecule has 0 fully saturated rings. The summed E-state index contributed by atoms with van der Waals surface area (Å²) in [5, 5.41) is 1.34. The molecule has 11 heteroatoms. The summed E-state index contributed by atoms with van der Waals surface area (Å²) in [4.78, 5) is 39.9. The minimum absolute atomic E-state index is 0.202. The number of para-hydroxylation sites is 2. The average molecular weight is 599 g/mol. The van der Waals surface area contributed by atoms with Gasteiger partial charge in [-0.25, -0.2) is 14.8 Å². The molecule has 0 aliphatic carbocycles. The molecule has 0 unspecified atom stereocenters. The highest BCUT2D eigenvalue weighted by molar-refractivity contribution is 7.99. The van der Waals surface area contributed by atoms with Crippen LogP contribution >= 0.6 is 23.1 Å². The van der Waals surface area contributed by atoms with Gasteiger partial charge in [-0.15, -0.1) is 0 Å². The van der Waals surface area contributed by atoms with Crippen molar-refractivity contribution >= 4 is 46.2 Å². The Morgan fingerprint density at radius 3 is 2.76 bits per heavy atom. The average Bonchev–Trinajstić information content (AvgIpc) is 3.69. The number of aromatic amines is 1. The summed E-state index contributed by atoms with van der Waals surface area (Å²) in [5.74, 6) is 0.655. The molecule has 0 saturated heterocycles. The molecule has 0 bridgehead atoms. The zero-order valence-electron chi connectivity index (χ0n) is 22.8. The molecule has 212 valence electrons. The Kier molecular flexibility index (Phi) is 7.68. The Hall–Kier alpha value is -4.61. The fourth-order valence-electron chi connectivity index (χ4n) is 4.68. The van der Waals surface area contributed by atoms with Crippen LogP contribution in [0.5, 0.6) is 5.75 Å². The highest BCUT2D eigenvalue weighted by atomic mass is 32.2. The predicted molar refractivity (Wildman–Crippen MR) is 161 cm³/mol. The Bertz CT molecular complexity index is 1980. The molecule has 2 aromatic carbocycles. The van der Waals surface area contributed by atoms with Crippen molar-refractivity contribution in [1.29, 1.82) is 0 Å². The number of esters is 1. The van der Waals surface area contributed by atoms with E-state index in [4.69, 9.17) is 13.9 Å². The minimum atomic E-state index is -0.716. The van der Waals surface area contributed by atoms with Crippen LogP contribution in [0.15, 0.2) is 109 Å². The number of H-pyrrole nitrogens is 1. The van der Waals surface area contributed by atoms with Crippen molar-refractivity contribution in [1.82, 2.24) is 14.5 Å². The van der Waals surface area contributed by atoms with Gasteiger partial charge in [-0.3, -0.25) is 9.36 Å². The van der Waals surface area contributed by atoms with Crippen molar-refractivity contribution in [3.8, 4) is 5.75 Å². The number of fused-ring (bicyclic) bond motifs is 2. The number of nitrogens with one attached hydrogen (secondary N) is 1. The summed E-state index contributed by atoms with van der Waals surface area (Å²) in [5.41, 5.74) is 3.08. The molecule has 1 atom stereocenters. The highest BCUT2D eigenvalue weighted by Gasteiger charge is 2.33. The van der Waals surface area contributed by atoms with Gasteiger partial charge < -0.3 is 18.9 Å². The Morgan fingerprint density at radius 1 is 1.19 bits per heavy atom. The maximum absolute atomic E-state index is 13.8. The highest BCUT2D eigenvalue weighted by Crippen LogP contribution is 2.32. The number of allylic oxidation sites excluding steroid dienone is 1. The molecule has 1 N–H and O–H groups in total. The number of hydrogen-bond donors (Lipinski definition) is 1. The lowest BCUT2D eigenvalue weighted by molar-refractivity contribution is -0.139. The van der Waals surface area contributed by atoms with E-state index >= 15 is 0 Å². The topological polar surface area (TPSA) is 112 Å². The Labute approximate surface area is 248 Å². The normalized spacial score (nSPS) is 15.0. The second-order valence-corrected chi connectivity index (χ2v) is 11.3. The summed E-state index contributed by atoms with van der Waals surface area (Å²) in [7, 11) is 0. The van der Waals surface area contributed by atoms with E-state index in [9.17, 15) is 9.59 Å². The molecule has 0 saturated carbocycles. The Morgan fingerprint density at radius 2 is 2.00 bits per heavy atom. The van der Waals surface area contributed by atoms with Gasteiger partial charge in [0.1, 0.15) is 18.1 Å². The van der Waals surface area contributed by atoms with Crippen LogP contribution in [0, 0.1) is 0 Å². The smallest absolute Gasteiger partial charge is 0.338 e. The monoisotopic (exact) mass is 598 g/mol. The van der Waals surface area contributed by atoms with Crippen LogP contribution in [0.4, 0.5) is 0 Å². The number of imidazole rings is 1. The molecular weight excluding hydrogens is 572 g/mol. The van der Waals surface area contributed by atoms with Gasteiger partial charge in [0.05, 0.1) is 39.5 Å². The van der Waals surface area contributed by atoms with Gasteiger partial charge in [-0.1, -0.05) is 48.3 Å². The summed E-state index contributed by atoms with van der Waals surface area (Å²) >= 11 is 2.60. The van der Waals surface area contributed by atoms with Crippen LogP contribution in [0.25, 0.3) is 17.1 Å². The quantitative estimate of drug-likeness (QED) is 0.188. The van der Waals surface area contributed by atoms with Crippen molar-refractivity contribution < 1.29 is 18.7 Å². The lowest BCUT2D eigenvalue weighted by Crippen LogP contribution is -2.39. The molecule has 6 rings (SSSR count). The van der Waals surface area contributed by atoms with Crippen LogP contribution in [-0.2, 0) is 9.53 Å². The molecule has 5 aromatic rings. The number of carbonyl (C=O) groups is 1. The lowest BCUT2D eigenvalue weighted by atomic mass is 9.96. The van der Waals surface area contributed by atoms with E-state index in [1.165, 1.54) is 23.1 Å². The van der Waals surface area contributed by atoms with E-state index in [0.29, 0.717) is 49.0 Å². The summed E-state index contributed by atoms with van der Waals surface area (Å²) in [6.07, 6.45) is 3.36. The minimum Gasteiger partial charge on any atom is -0.490 e. The number of aromatic nitrogens is 3. The predicted octanol–water partition coefficient (Wildman–Crippen LogP) is 4.98. The second-order valence-electron chi connectivity index (χ2n) is 9.29. The van der Waals surface area contributed by atoms with Crippen LogP contribution in [0.2, 0.25) is 0 Å². The van der Waals surface area contributed by atoms with Gasteiger partial charge in [0.15, 0.2) is 15.1 Å². The van der Waals surface area contributed by atoms with Gasteiger partial charge >= 0.3 is 5.97 Å². The van der Waals surface area contributed by atoms with Crippen LogP contribution in [-0.4, -0.2) is 33.7 Å². The van der Waals surface area contributed by atoms with E-state index < -0.39 is 12.0 Å². The third kappa shape index (κ3) is 5.36. The first-order valence-electron chi connectivity index (χ1n) is 13.2. The van der Waals surface area contributed by atoms with Crippen molar-refractivity contribution in [2.45, 2.75) is 30.1 Å². The van der Waals surface area contributed by atoms with Crippen molar-refractivity contribution in [2.24, 2.45) is 4.99 Å². The van der Waals surface area contributed by atoms with Crippen LogP contribution in [0.3, 0.4) is 0 Å². The second kappa shape index (κ2) is 11.7. The van der Waals surface area contributed by atoms with Gasteiger partial charge in [0.2, 0.25) is 0 Å². The molecule has 1 aliphatic rings. The molecule has 0 amide bonds. The van der Waals surface area contributed by atoms with Crippen molar-refractivity contribution in [3.63, 3.8) is 0 Å². The van der Waals surface area contributed by atoms with E-state index in [1.807, 2.05) is 42.5 Å². The fourth-order valence-corrected chi connectivity index (χ4v) is 6.47. The molecule has 3 aromatic heterocycles. The van der Waals surface area contributed by atoms with Gasteiger partial charge in [-0.05, 0) is 67.6 Å². The van der Waals surface area contributed by atoms with Crippen LogP contribution in [0.1, 0.15) is 31.2 Å². The number of hydrogen-bond acceptors (Lipinski definition) is 9. The number of furan rings is 1. The van der Waals surface area contributed by atoms with Crippen molar-refractivity contribution in [2.75, 3.05) is 13.2 Å². The maximum Gasteiger partial charge on any atom is 0.338 e. The van der Waals surface area contributed by atoms with Gasteiger partial charge in [0.25, 0.3) is 5.56 Å². The van der Waals surface area contributed by atoms with E-state index in [-0.39, 0.29) is 12.2 Å². The van der Waals surface area contributed by atoms with Gasteiger partial charge in [-0.2, -0.15) is 0 Å². The van der Waals surface area contributed by atoms with E-state index in [0.717, 1.165) is 16.6 Å². The number of nitrogens with zero attached hydrogens (tertiary/aromatic N) is 3. The number of thiazole rings is 1. The third-order valence-electron chi connectivity index (χ3n) is 6.52. The van der Waals surface area contributed by atoms with E-state index in [2.05, 4.69) is 21.5 Å². The molecular formula is C31H26N4O5S2.